The van der Waals surface area contributed by atoms with Crippen molar-refractivity contribution in [3.63, 3.8) is 0 Å². The SMILES string of the molecule is CC(C)(C)NC(=O)N(CCCN)c1ccccc1. The zero-order valence-electron chi connectivity index (χ0n) is 11.4. The summed E-state index contributed by atoms with van der Waals surface area (Å²) in [7, 11) is 0. The van der Waals surface area contributed by atoms with Gasteiger partial charge in [0.2, 0.25) is 0 Å². The molecule has 18 heavy (non-hydrogen) atoms. The van der Waals surface area contributed by atoms with Gasteiger partial charge in [-0.2, -0.15) is 0 Å². The molecule has 0 aromatic heterocycles. The molecule has 0 saturated heterocycles. The smallest absolute Gasteiger partial charge is 0.322 e. The Morgan fingerprint density at radius 2 is 1.89 bits per heavy atom. The van der Waals surface area contributed by atoms with E-state index >= 15 is 0 Å². The Balaban J connectivity index is 2.82. The minimum absolute atomic E-state index is 0.0813. The molecule has 0 bridgehead atoms. The van der Waals surface area contributed by atoms with E-state index in [-0.39, 0.29) is 11.6 Å². The summed E-state index contributed by atoms with van der Waals surface area (Å²) in [5, 5.41) is 2.97. The summed E-state index contributed by atoms with van der Waals surface area (Å²) in [4.78, 5) is 14.0. The number of para-hydroxylation sites is 1. The standard InChI is InChI=1S/C14H23N3O/c1-14(2,3)16-13(18)17(11-7-10-15)12-8-5-4-6-9-12/h4-6,8-9H,7,10-11,15H2,1-3H3,(H,16,18). The number of benzene rings is 1. The Labute approximate surface area is 109 Å². The van der Waals surface area contributed by atoms with Gasteiger partial charge in [0.05, 0.1) is 0 Å². The molecule has 4 heteroatoms. The van der Waals surface area contributed by atoms with E-state index in [1.807, 2.05) is 51.1 Å². The fourth-order valence-corrected chi connectivity index (χ4v) is 1.59. The molecule has 0 unspecified atom stereocenters. The highest BCUT2D eigenvalue weighted by atomic mass is 16.2. The van der Waals surface area contributed by atoms with E-state index < -0.39 is 0 Å². The minimum atomic E-state index is -0.243. The minimum Gasteiger partial charge on any atom is -0.333 e. The van der Waals surface area contributed by atoms with Crippen LogP contribution in [0.4, 0.5) is 10.5 Å². The van der Waals surface area contributed by atoms with Gasteiger partial charge in [0, 0.05) is 17.8 Å². The van der Waals surface area contributed by atoms with Gasteiger partial charge in [-0.15, -0.1) is 0 Å². The number of rotatable bonds is 4. The zero-order valence-corrected chi connectivity index (χ0v) is 11.4. The first-order valence-electron chi connectivity index (χ1n) is 6.29. The van der Waals surface area contributed by atoms with E-state index in [4.69, 9.17) is 5.73 Å². The molecule has 0 saturated carbocycles. The third-order valence-electron chi connectivity index (χ3n) is 2.38. The van der Waals surface area contributed by atoms with Crippen molar-refractivity contribution in [2.24, 2.45) is 5.73 Å². The second-order valence-electron chi connectivity index (χ2n) is 5.31. The van der Waals surface area contributed by atoms with Crippen LogP contribution in [0.15, 0.2) is 30.3 Å². The molecule has 0 aliphatic rings. The molecule has 4 nitrogen and oxygen atoms in total. The van der Waals surface area contributed by atoms with Gasteiger partial charge in [0.25, 0.3) is 0 Å². The number of urea groups is 1. The Morgan fingerprint density at radius 1 is 1.28 bits per heavy atom. The van der Waals surface area contributed by atoms with E-state index in [9.17, 15) is 4.79 Å². The van der Waals surface area contributed by atoms with Crippen LogP contribution in [0.5, 0.6) is 0 Å². The molecule has 3 N–H and O–H groups in total. The fourth-order valence-electron chi connectivity index (χ4n) is 1.59. The molecule has 0 heterocycles. The molecule has 2 amide bonds. The van der Waals surface area contributed by atoms with Crippen LogP contribution in [0.1, 0.15) is 27.2 Å². The summed E-state index contributed by atoms with van der Waals surface area (Å²) in [6.45, 7) is 7.11. The summed E-state index contributed by atoms with van der Waals surface area (Å²) in [5.74, 6) is 0. The molecule has 100 valence electrons. The maximum Gasteiger partial charge on any atom is 0.322 e. The first kappa shape index (κ1) is 14.5. The number of anilines is 1. The molecular weight excluding hydrogens is 226 g/mol. The van der Waals surface area contributed by atoms with Crippen LogP contribution < -0.4 is 16.0 Å². The average molecular weight is 249 g/mol. The average Bonchev–Trinajstić information content (AvgIpc) is 2.28. The van der Waals surface area contributed by atoms with Crippen molar-refractivity contribution in [2.45, 2.75) is 32.7 Å². The third-order valence-corrected chi connectivity index (χ3v) is 2.38. The Kier molecular flexibility index (Phi) is 5.16. The van der Waals surface area contributed by atoms with Gasteiger partial charge in [-0.25, -0.2) is 4.79 Å². The van der Waals surface area contributed by atoms with Gasteiger partial charge in [-0.3, -0.25) is 4.90 Å². The molecule has 0 aliphatic heterocycles. The summed E-state index contributed by atoms with van der Waals surface area (Å²) in [6, 6.07) is 9.57. The predicted molar refractivity (Wildman–Crippen MR) is 75.7 cm³/mol. The zero-order chi connectivity index (χ0) is 13.6. The number of nitrogens with zero attached hydrogens (tertiary/aromatic N) is 1. The normalized spacial score (nSPS) is 11.1. The van der Waals surface area contributed by atoms with Crippen LogP contribution in [-0.2, 0) is 0 Å². The lowest BCUT2D eigenvalue weighted by Crippen LogP contribution is -2.49. The summed E-state index contributed by atoms with van der Waals surface area (Å²) >= 11 is 0. The van der Waals surface area contributed by atoms with E-state index in [1.54, 1.807) is 4.90 Å². The summed E-state index contributed by atoms with van der Waals surface area (Å²) in [6.07, 6.45) is 0.784. The van der Waals surface area contributed by atoms with Gasteiger partial charge in [-0.05, 0) is 45.9 Å². The molecule has 1 aromatic carbocycles. The van der Waals surface area contributed by atoms with Crippen LogP contribution in [0.2, 0.25) is 0 Å². The van der Waals surface area contributed by atoms with Crippen LogP contribution in [0.25, 0.3) is 0 Å². The topological polar surface area (TPSA) is 58.4 Å². The van der Waals surface area contributed by atoms with Crippen molar-refractivity contribution in [1.82, 2.24) is 5.32 Å². The lowest BCUT2D eigenvalue weighted by molar-refractivity contribution is 0.237. The highest BCUT2D eigenvalue weighted by Crippen LogP contribution is 2.14. The van der Waals surface area contributed by atoms with Crippen molar-refractivity contribution in [2.75, 3.05) is 18.0 Å². The van der Waals surface area contributed by atoms with Crippen molar-refractivity contribution >= 4 is 11.7 Å². The van der Waals surface area contributed by atoms with E-state index in [2.05, 4.69) is 5.32 Å². The second-order valence-corrected chi connectivity index (χ2v) is 5.31. The third kappa shape index (κ3) is 4.75. The van der Waals surface area contributed by atoms with Crippen LogP contribution in [-0.4, -0.2) is 24.7 Å². The molecule has 0 aliphatic carbocycles. The first-order valence-corrected chi connectivity index (χ1v) is 6.29. The number of nitrogens with two attached hydrogens (primary N) is 1. The number of amides is 2. The van der Waals surface area contributed by atoms with Gasteiger partial charge < -0.3 is 11.1 Å². The van der Waals surface area contributed by atoms with Crippen LogP contribution >= 0.6 is 0 Å². The van der Waals surface area contributed by atoms with Gasteiger partial charge >= 0.3 is 6.03 Å². The van der Waals surface area contributed by atoms with Gasteiger partial charge in [0.1, 0.15) is 0 Å². The van der Waals surface area contributed by atoms with Crippen LogP contribution in [0, 0.1) is 0 Å². The van der Waals surface area contributed by atoms with Crippen molar-refractivity contribution in [3.05, 3.63) is 30.3 Å². The molecule has 0 fully saturated rings. The number of carbonyl (C=O) groups excluding carboxylic acids is 1. The molecule has 0 radical (unpaired) electrons. The Hall–Kier alpha value is -1.55. The second kappa shape index (κ2) is 6.40. The van der Waals surface area contributed by atoms with Gasteiger partial charge in [0.15, 0.2) is 0 Å². The van der Waals surface area contributed by atoms with E-state index in [0.717, 1.165) is 12.1 Å². The van der Waals surface area contributed by atoms with Gasteiger partial charge in [-0.1, -0.05) is 18.2 Å². The highest BCUT2D eigenvalue weighted by molar-refractivity contribution is 5.92. The predicted octanol–water partition coefficient (Wildman–Crippen LogP) is 2.35. The number of hydrogen-bond donors (Lipinski definition) is 2. The van der Waals surface area contributed by atoms with Crippen molar-refractivity contribution < 1.29 is 4.79 Å². The number of nitrogens with one attached hydrogen (secondary N) is 1. The quantitative estimate of drug-likeness (QED) is 0.860. The lowest BCUT2D eigenvalue weighted by Gasteiger charge is -2.28. The Morgan fingerprint density at radius 3 is 2.39 bits per heavy atom. The number of carbonyl (C=O) groups is 1. The van der Waals surface area contributed by atoms with E-state index in [0.29, 0.717) is 13.1 Å². The molecule has 1 aromatic rings. The number of hydrogen-bond acceptors (Lipinski definition) is 2. The summed E-state index contributed by atoms with van der Waals surface area (Å²) in [5.41, 5.74) is 6.18. The highest BCUT2D eigenvalue weighted by Gasteiger charge is 2.20. The largest absolute Gasteiger partial charge is 0.333 e. The maximum atomic E-state index is 12.2. The summed E-state index contributed by atoms with van der Waals surface area (Å²) < 4.78 is 0. The lowest BCUT2D eigenvalue weighted by atomic mass is 10.1. The first-order chi connectivity index (χ1) is 8.44. The molecular formula is C14H23N3O. The molecule has 1 rings (SSSR count). The molecule has 0 atom stereocenters. The van der Waals surface area contributed by atoms with Crippen LogP contribution in [0.3, 0.4) is 0 Å². The fraction of sp³-hybridized carbons (Fsp3) is 0.500. The molecule has 0 spiro atoms. The maximum absolute atomic E-state index is 12.2. The van der Waals surface area contributed by atoms with Crippen molar-refractivity contribution in [1.29, 1.82) is 0 Å². The monoisotopic (exact) mass is 249 g/mol. The Bertz CT molecular complexity index is 370. The van der Waals surface area contributed by atoms with Crippen molar-refractivity contribution in [3.8, 4) is 0 Å². The van der Waals surface area contributed by atoms with E-state index in [1.165, 1.54) is 0 Å².